The van der Waals surface area contributed by atoms with Crippen LogP contribution in [0.25, 0.3) is 0 Å². The smallest absolute Gasteiger partial charge is 0.132 e. The molecule has 0 spiro atoms. The average molecular weight is 179 g/mol. The third kappa shape index (κ3) is 1.28. The predicted octanol–water partition coefficient (Wildman–Crippen LogP) is 2.48. The van der Waals surface area contributed by atoms with E-state index >= 15 is 0 Å². The molecule has 0 amide bonds. The fourth-order valence-electron chi connectivity index (χ4n) is 1.21. The van der Waals surface area contributed by atoms with Crippen LogP contribution in [0.15, 0.2) is 12.3 Å². The zero-order valence-electron chi connectivity index (χ0n) is 6.42. The second kappa shape index (κ2) is 2.76. The lowest BCUT2D eigenvalue weighted by Gasteiger charge is -1.99. The molecule has 0 atom stereocenters. The Morgan fingerprint density at radius 2 is 2.33 bits per heavy atom. The molecule has 0 unspecified atom stereocenters. The Hall–Kier alpha value is -1.07. The van der Waals surface area contributed by atoms with Gasteiger partial charge in [0.05, 0.1) is 5.56 Å². The van der Waals surface area contributed by atoms with Gasteiger partial charge in [0.25, 0.3) is 0 Å². The summed E-state index contributed by atoms with van der Waals surface area (Å²) in [5, 5.41) is 9.17. The summed E-state index contributed by atoms with van der Waals surface area (Å²) in [6.45, 7) is 0. The van der Waals surface area contributed by atoms with Gasteiger partial charge in [0.1, 0.15) is 11.2 Å². The Morgan fingerprint density at radius 3 is 2.92 bits per heavy atom. The number of pyridine rings is 1. The first-order chi connectivity index (χ1) is 5.81. The lowest BCUT2D eigenvalue weighted by atomic mass is 10.1. The van der Waals surface area contributed by atoms with Crippen molar-refractivity contribution >= 4 is 11.6 Å². The van der Waals surface area contributed by atoms with Crippen molar-refractivity contribution in [2.45, 2.75) is 18.8 Å². The molecule has 0 aliphatic heterocycles. The van der Waals surface area contributed by atoms with Gasteiger partial charge in [-0.05, 0) is 30.4 Å². The van der Waals surface area contributed by atoms with Gasteiger partial charge >= 0.3 is 0 Å². The summed E-state index contributed by atoms with van der Waals surface area (Å²) < 4.78 is 0. The largest absolute Gasteiger partial charge is 0.243 e. The lowest BCUT2D eigenvalue weighted by molar-refractivity contribution is 1.09. The highest BCUT2D eigenvalue weighted by atomic mass is 35.5. The standard InChI is InChI=1S/C9H7ClN2/c10-9-8(7-1-2-7)3-6(4-11)5-12-9/h3,5,7H,1-2H2. The molecule has 60 valence electrons. The molecule has 12 heavy (non-hydrogen) atoms. The molecule has 2 nitrogen and oxygen atoms in total. The van der Waals surface area contributed by atoms with E-state index in [-0.39, 0.29) is 0 Å². The van der Waals surface area contributed by atoms with Crippen LogP contribution in [0.4, 0.5) is 0 Å². The second-order valence-electron chi connectivity index (χ2n) is 2.99. The van der Waals surface area contributed by atoms with Crippen LogP contribution in [-0.2, 0) is 0 Å². The normalized spacial score (nSPS) is 15.7. The highest BCUT2D eigenvalue weighted by molar-refractivity contribution is 6.30. The summed E-state index contributed by atoms with van der Waals surface area (Å²) in [6.07, 6.45) is 3.86. The molecule has 0 N–H and O–H groups in total. The van der Waals surface area contributed by atoms with E-state index in [4.69, 9.17) is 16.9 Å². The van der Waals surface area contributed by atoms with E-state index in [1.54, 1.807) is 0 Å². The molecular weight excluding hydrogens is 172 g/mol. The fourth-order valence-corrected chi connectivity index (χ4v) is 1.46. The number of halogens is 1. The van der Waals surface area contributed by atoms with Crippen molar-refractivity contribution in [2.24, 2.45) is 0 Å². The third-order valence-corrected chi connectivity index (χ3v) is 2.33. The molecule has 1 aromatic heterocycles. The monoisotopic (exact) mass is 178 g/mol. The summed E-state index contributed by atoms with van der Waals surface area (Å²) in [5.41, 5.74) is 1.64. The maximum absolute atomic E-state index is 8.62. The minimum absolute atomic E-state index is 0.552. The van der Waals surface area contributed by atoms with E-state index in [0.29, 0.717) is 16.6 Å². The molecular formula is C9H7ClN2. The summed E-state index contributed by atoms with van der Waals surface area (Å²) in [5.74, 6) is 0.554. The number of nitrogens with zero attached hydrogens (tertiary/aromatic N) is 2. The minimum atomic E-state index is 0.552. The first-order valence-electron chi connectivity index (χ1n) is 3.87. The Labute approximate surface area is 75.8 Å². The molecule has 1 saturated carbocycles. The molecule has 1 aliphatic rings. The zero-order chi connectivity index (χ0) is 8.55. The molecule has 0 aromatic carbocycles. The summed E-state index contributed by atoms with van der Waals surface area (Å²) >= 11 is 5.87. The second-order valence-corrected chi connectivity index (χ2v) is 3.35. The van der Waals surface area contributed by atoms with E-state index in [1.807, 2.05) is 6.07 Å². The third-order valence-electron chi connectivity index (χ3n) is 2.01. The summed E-state index contributed by atoms with van der Waals surface area (Å²) in [7, 11) is 0. The van der Waals surface area contributed by atoms with Crippen LogP contribution in [0.5, 0.6) is 0 Å². The van der Waals surface area contributed by atoms with E-state index in [9.17, 15) is 0 Å². The topological polar surface area (TPSA) is 36.7 Å². The van der Waals surface area contributed by atoms with E-state index in [0.717, 1.165) is 5.56 Å². The highest BCUT2D eigenvalue weighted by Crippen LogP contribution is 2.42. The molecule has 2 rings (SSSR count). The van der Waals surface area contributed by atoms with E-state index in [2.05, 4.69) is 11.1 Å². The Bertz CT molecular complexity index is 350. The molecule has 0 bridgehead atoms. The van der Waals surface area contributed by atoms with Gasteiger partial charge in [-0.3, -0.25) is 0 Å². The summed E-state index contributed by atoms with van der Waals surface area (Å²) in [4.78, 5) is 3.95. The van der Waals surface area contributed by atoms with Crippen LogP contribution in [0.1, 0.15) is 29.9 Å². The van der Waals surface area contributed by atoms with E-state index < -0.39 is 0 Å². The Kier molecular flexibility index (Phi) is 1.74. The van der Waals surface area contributed by atoms with Gasteiger partial charge in [-0.1, -0.05) is 11.6 Å². The van der Waals surface area contributed by atoms with E-state index in [1.165, 1.54) is 19.0 Å². The van der Waals surface area contributed by atoms with Crippen molar-refractivity contribution in [1.82, 2.24) is 4.98 Å². The number of aromatic nitrogens is 1. The Balaban J connectivity index is 2.44. The predicted molar refractivity (Wildman–Crippen MR) is 45.9 cm³/mol. The maximum Gasteiger partial charge on any atom is 0.132 e. The number of rotatable bonds is 1. The first kappa shape index (κ1) is 7.57. The molecule has 1 fully saturated rings. The van der Waals surface area contributed by atoms with Crippen molar-refractivity contribution in [2.75, 3.05) is 0 Å². The zero-order valence-corrected chi connectivity index (χ0v) is 7.17. The van der Waals surface area contributed by atoms with Gasteiger partial charge in [0.2, 0.25) is 0 Å². The number of nitriles is 1. The van der Waals surface area contributed by atoms with Crippen LogP contribution in [0.2, 0.25) is 5.15 Å². The van der Waals surface area contributed by atoms with Crippen LogP contribution in [0, 0.1) is 11.3 Å². The van der Waals surface area contributed by atoms with Gasteiger partial charge in [-0.2, -0.15) is 5.26 Å². The van der Waals surface area contributed by atoms with Gasteiger partial charge in [0, 0.05) is 6.20 Å². The summed E-state index contributed by atoms with van der Waals surface area (Å²) in [6, 6.07) is 3.90. The Morgan fingerprint density at radius 1 is 1.58 bits per heavy atom. The minimum Gasteiger partial charge on any atom is -0.243 e. The van der Waals surface area contributed by atoms with Gasteiger partial charge < -0.3 is 0 Å². The van der Waals surface area contributed by atoms with Crippen LogP contribution in [-0.4, -0.2) is 4.98 Å². The SMILES string of the molecule is N#Cc1cnc(Cl)c(C2CC2)c1. The van der Waals surface area contributed by atoms with Gasteiger partial charge in [-0.25, -0.2) is 4.98 Å². The van der Waals surface area contributed by atoms with Crippen molar-refractivity contribution in [3.05, 3.63) is 28.5 Å². The van der Waals surface area contributed by atoms with Gasteiger partial charge in [-0.15, -0.1) is 0 Å². The first-order valence-corrected chi connectivity index (χ1v) is 4.24. The van der Waals surface area contributed by atoms with Crippen molar-refractivity contribution in [3.8, 4) is 6.07 Å². The van der Waals surface area contributed by atoms with Crippen molar-refractivity contribution < 1.29 is 0 Å². The van der Waals surface area contributed by atoms with Gasteiger partial charge in [0.15, 0.2) is 0 Å². The number of hydrogen-bond donors (Lipinski definition) is 0. The molecule has 3 heteroatoms. The molecule has 0 radical (unpaired) electrons. The number of hydrogen-bond acceptors (Lipinski definition) is 2. The van der Waals surface area contributed by atoms with Crippen LogP contribution >= 0.6 is 11.6 Å². The molecule has 0 saturated heterocycles. The molecule has 1 aliphatic carbocycles. The van der Waals surface area contributed by atoms with Crippen LogP contribution < -0.4 is 0 Å². The quantitative estimate of drug-likeness (QED) is 0.620. The molecule has 1 aromatic rings. The van der Waals surface area contributed by atoms with Crippen molar-refractivity contribution in [1.29, 1.82) is 5.26 Å². The molecule has 1 heterocycles. The fraction of sp³-hybridized carbons (Fsp3) is 0.333. The lowest BCUT2D eigenvalue weighted by Crippen LogP contribution is -1.87. The van der Waals surface area contributed by atoms with Crippen LogP contribution in [0.3, 0.4) is 0 Å². The highest BCUT2D eigenvalue weighted by Gasteiger charge is 2.26. The average Bonchev–Trinajstić information content (AvgIpc) is 2.88. The maximum atomic E-state index is 8.62. The van der Waals surface area contributed by atoms with Crippen molar-refractivity contribution in [3.63, 3.8) is 0 Å².